The lowest BCUT2D eigenvalue weighted by Crippen LogP contribution is -2.20. The fourth-order valence-electron chi connectivity index (χ4n) is 4.03. The van der Waals surface area contributed by atoms with E-state index in [0.29, 0.717) is 6.04 Å². The maximum absolute atomic E-state index is 4.53. The summed E-state index contributed by atoms with van der Waals surface area (Å²) in [6, 6.07) is 15.8. The van der Waals surface area contributed by atoms with Crippen LogP contribution in [0.1, 0.15) is 33.4 Å². The minimum absolute atomic E-state index is 0.374. The Morgan fingerprint density at radius 3 is 2.55 bits per heavy atom. The molecule has 4 heteroatoms. The predicted octanol–water partition coefficient (Wildman–Crippen LogP) is 6.06. The molecule has 0 bridgehead atoms. The Morgan fingerprint density at radius 2 is 1.69 bits per heavy atom. The van der Waals surface area contributed by atoms with Gasteiger partial charge in [0.1, 0.15) is 17.0 Å². The van der Waals surface area contributed by atoms with Gasteiger partial charge in [0.15, 0.2) is 0 Å². The number of benzene rings is 2. The molecule has 2 aromatic carbocycles. The largest absolute Gasteiger partial charge is 0.366 e. The summed E-state index contributed by atoms with van der Waals surface area (Å²) in [6.07, 6.45) is 8.11. The summed E-state index contributed by atoms with van der Waals surface area (Å²) in [5, 5.41) is 6.99. The van der Waals surface area contributed by atoms with Crippen molar-refractivity contribution in [2.24, 2.45) is 0 Å². The van der Waals surface area contributed by atoms with Gasteiger partial charge in [0, 0.05) is 6.04 Å². The third kappa shape index (κ3) is 3.68. The van der Waals surface area contributed by atoms with Crippen molar-refractivity contribution in [3.05, 3.63) is 87.6 Å². The van der Waals surface area contributed by atoms with E-state index in [2.05, 4.69) is 89.1 Å². The second-order valence-electron chi connectivity index (χ2n) is 7.84. The van der Waals surface area contributed by atoms with Crippen molar-refractivity contribution in [3.63, 3.8) is 0 Å². The number of aromatic nitrogens is 2. The molecule has 0 fully saturated rings. The van der Waals surface area contributed by atoms with E-state index >= 15 is 0 Å². The van der Waals surface area contributed by atoms with Crippen molar-refractivity contribution in [1.29, 1.82) is 0 Å². The van der Waals surface area contributed by atoms with Gasteiger partial charge in [-0.2, -0.15) is 0 Å². The standard InChI is InChI=1S/C25H23N3S/c1-16-3-5-18(6-4-16)7-8-19-9-10-20-12-22(13-21(20)11-19)28-24-23-17(2)14-29-25(23)27-15-26-24/h3-11,14-15,22H,12-13H2,1-2H3,(H,26,27,28)/b8-7+. The van der Waals surface area contributed by atoms with Crippen molar-refractivity contribution in [2.45, 2.75) is 32.7 Å². The van der Waals surface area contributed by atoms with Crippen molar-refractivity contribution < 1.29 is 0 Å². The van der Waals surface area contributed by atoms with Crippen molar-refractivity contribution in [3.8, 4) is 0 Å². The van der Waals surface area contributed by atoms with Gasteiger partial charge in [-0.3, -0.25) is 0 Å². The van der Waals surface area contributed by atoms with Crippen LogP contribution in [0.5, 0.6) is 0 Å². The maximum atomic E-state index is 4.53. The molecule has 4 aromatic rings. The highest BCUT2D eigenvalue weighted by atomic mass is 32.1. The number of hydrogen-bond donors (Lipinski definition) is 1. The van der Waals surface area contributed by atoms with E-state index in [1.54, 1.807) is 17.7 Å². The molecule has 1 atom stereocenters. The third-order valence-electron chi connectivity index (χ3n) is 5.60. The molecule has 144 valence electrons. The zero-order chi connectivity index (χ0) is 19.8. The quantitative estimate of drug-likeness (QED) is 0.426. The summed E-state index contributed by atoms with van der Waals surface area (Å²) < 4.78 is 0. The second kappa shape index (κ2) is 7.45. The van der Waals surface area contributed by atoms with Crippen LogP contribution in [0.2, 0.25) is 0 Å². The lowest BCUT2D eigenvalue weighted by Gasteiger charge is -2.13. The van der Waals surface area contributed by atoms with Crippen LogP contribution in [-0.2, 0) is 12.8 Å². The number of thiophene rings is 1. The fourth-order valence-corrected chi connectivity index (χ4v) is 4.92. The van der Waals surface area contributed by atoms with E-state index in [9.17, 15) is 0 Å². The van der Waals surface area contributed by atoms with Crippen molar-refractivity contribution in [1.82, 2.24) is 9.97 Å². The molecular formula is C25H23N3S. The Hall–Kier alpha value is -2.98. The summed E-state index contributed by atoms with van der Waals surface area (Å²) in [7, 11) is 0. The molecule has 1 aliphatic carbocycles. The van der Waals surface area contributed by atoms with Crippen LogP contribution in [-0.4, -0.2) is 16.0 Å². The number of nitrogens with one attached hydrogen (secondary N) is 1. The molecule has 1 unspecified atom stereocenters. The monoisotopic (exact) mass is 397 g/mol. The van der Waals surface area contributed by atoms with Gasteiger partial charge < -0.3 is 5.32 Å². The van der Waals surface area contributed by atoms with Crippen LogP contribution in [0.3, 0.4) is 0 Å². The van der Waals surface area contributed by atoms with Crippen LogP contribution >= 0.6 is 11.3 Å². The summed E-state index contributed by atoms with van der Waals surface area (Å²) in [4.78, 5) is 9.98. The molecule has 0 amide bonds. The van der Waals surface area contributed by atoms with E-state index in [-0.39, 0.29) is 0 Å². The average molecular weight is 398 g/mol. The molecule has 3 nitrogen and oxygen atoms in total. The van der Waals surface area contributed by atoms with Crippen molar-refractivity contribution >= 4 is 39.5 Å². The molecular weight excluding hydrogens is 374 g/mol. The molecule has 1 aliphatic rings. The normalized spacial score (nSPS) is 15.9. The highest BCUT2D eigenvalue weighted by Gasteiger charge is 2.22. The topological polar surface area (TPSA) is 37.8 Å². The highest BCUT2D eigenvalue weighted by Crippen LogP contribution is 2.31. The van der Waals surface area contributed by atoms with Crippen LogP contribution in [0.15, 0.2) is 54.2 Å². The van der Waals surface area contributed by atoms with Crippen LogP contribution in [0.25, 0.3) is 22.4 Å². The smallest absolute Gasteiger partial charge is 0.138 e. The Bertz CT molecular complexity index is 1200. The first-order valence-electron chi connectivity index (χ1n) is 9.97. The average Bonchev–Trinajstić information content (AvgIpc) is 3.31. The van der Waals surface area contributed by atoms with Gasteiger partial charge in [0.25, 0.3) is 0 Å². The predicted molar refractivity (Wildman–Crippen MR) is 124 cm³/mol. The van der Waals surface area contributed by atoms with E-state index in [1.165, 1.54) is 33.4 Å². The minimum Gasteiger partial charge on any atom is -0.366 e. The third-order valence-corrected chi connectivity index (χ3v) is 6.61. The molecule has 5 rings (SSSR count). The molecule has 2 heterocycles. The number of hydrogen-bond acceptors (Lipinski definition) is 4. The molecule has 0 aliphatic heterocycles. The molecule has 29 heavy (non-hydrogen) atoms. The van der Waals surface area contributed by atoms with E-state index < -0.39 is 0 Å². The van der Waals surface area contributed by atoms with Crippen LogP contribution in [0, 0.1) is 13.8 Å². The fraction of sp³-hybridized carbons (Fsp3) is 0.200. The SMILES string of the molecule is Cc1ccc(/C=C/c2ccc3c(c2)CC(Nc2ncnc4scc(C)c24)C3)cc1. The van der Waals surface area contributed by atoms with Crippen LogP contribution < -0.4 is 5.32 Å². The molecule has 0 spiro atoms. The molecule has 0 saturated heterocycles. The van der Waals surface area contributed by atoms with Gasteiger partial charge in [0.2, 0.25) is 0 Å². The zero-order valence-electron chi connectivity index (χ0n) is 16.6. The highest BCUT2D eigenvalue weighted by molar-refractivity contribution is 7.17. The van der Waals surface area contributed by atoms with Gasteiger partial charge in [0.05, 0.1) is 5.39 Å². The van der Waals surface area contributed by atoms with E-state index in [4.69, 9.17) is 0 Å². The van der Waals surface area contributed by atoms with Crippen molar-refractivity contribution in [2.75, 3.05) is 5.32 Å². The summed E-state index contributed by atoms with van der Waals surface area (Å²) >= 11 is 1.68. The molecule has 0 saturated carbocycles. The van der Waals surface area contributed by atoms with E-state index in [0.717, 1.165) is 28.9 Å². The molecule has 2 aromatic heterocycles. The number of anilines is 1. The van der Waals surface area contributed by atoms with Gasteiger partial charge in [-0.15, -0.1) is 11.3 Å². The Kier molecular flexibility index (Phi) is 4.64. The Labute approximate surface area is 175 Å². The van der Waals surface area contributed by atoms with Gasteiger partial charge >= 0.3 is 0 Å². The number of rotatable bonds is 4. The zero-order valence-corrected chi connectivity index (χ0v) is 17.5. The Morgan fingerprint density at radius 1 is 0.931 bits per heavy atom. The van der Waals surface area contributed by atoms with Gasteiger partial charge in [-0.1, -0.05) is 60.2 Å². The lowest BCUT2D eigenvalue weighted by molar-refractivity contribution is 0.770. The van der Waals surface area contributed by atoms with Gasteiger partial charge in [-0.05, 0) is 59.9 Å². The number of aryl methyl sites for hydroxylation is 2. The minimum atomic E-state index is 0.374. The van der Waals surface area contributed by atoms with E-state index in [1.807, 2.05) is 0 Å². The summed E-state index contributed by atoms with van der Waals surface area (Å²) in [6.45, 7) is 4.24. The second-order valence-corrected chi connectivity index (χ2v) is 8.70. The van der Waals surface area contributed by atoms with Gasteiger partial charge in [-0.25, -0.2) is 9.97 Å². The molecule has 0 radical (unpaired) electrons. The number of nitrogens with zero attached hydrogens (tertiary/aromatic N) is 2. The maximum Gasteiger partial charge on any atom is 0.138 e. The molecule has 1 N–H and O–H groups in total. The first kappa shape index (κ1) is 18.1. The summed E-state index contributed by atoms with van der Waals surface area (Å²) in [5.74, 6) is 0.964. The lowest BCUT2D eigenvalue weighted by atomic mass is 10.1. The number of fused-ring (bicyclic) bond motifs is 2. The van der Waals surface area contributed by atoms with Crippen LogP contribution in [0.4, 0.5) is 5.82 Å². The first-order chi connectivity index (χ1) is 14.2. The first-order valence-corrected chi connectivity index (χ1v) is 10.9. The summed E-state index contributed by atoms with van der Waals surface area (Å²) in [5.41, 5.74) is 7.88. The Balaban J connectivity index is 1.33.